The molecule has 0 aliphatic carbocycles. The van der Waals surface area contributed by atoms with Gasteiger partial charge in [-0.25, -0.2) is 0 Å². The lowest BCUT2D eigenvalue weighted by Crippen LogP contribution is -2.15. The highest BCUT2D eigenvalue weighted by Crippen LogP contribution is 2.26. The summed E-state index contributed by atoms with van der Waals surface area (Å²) < 4.78 is 5.84. The van der Waals surface area contributed by atoms with E-state index in [1.165, 1.54) is 11.1 Å². The fraction of sp³-hybridized carbons (Fsp3) is 0.0667. The van der Waals surface area contributed by atoms with Gasteiger partial charge in [0.25, 0.3) is 0 Å². The third kappa shape index (κ3) is 2.26. The fourth-order valence-corrected chi connectivity index (χ4v) is 2.10. The maximum Gasteiger partial charge on any atom is 0.388 e. The topological polar surface area (TPSA) is 9.23 Å². The standard InChI is InChI=1S/C15H13BO/c1-2-6-13(7-3-1)10-11-16-12-14-8-4-5-9-15(14)17-16/h1-11H,12H2/b11-10+. The van der Waals surface area contributed by atoms with Gasteiger partial charge < -0.3 is 4.65 Å². The molecule has 1 aliphatic rings. The molecule has 1 aliphatic heterocycles. The Labute approximate surface area is 102 Å². The average molecular weight is 220 g/mol. The second-order valence-electron chi connectivity index (χ2n) is 4.24. The van der Waals surface area contributed by atoms with Crippen LogP contribution in [0.15, 0.2) is 60.6 Å². The number of hydrogen-bond donors (Lipinski definition) is 0. The van der Waals surface area contributed by atoms with Crippen LogP contribution in [-0.4, -0.2) is 6.92 Å². The minimum atomic E-state index is 0.174. The van der Waals surface area contributed by atoms with Crippen molar-refractivity contribution >= 4 is 13.0 Å². The molecule has 0 spiro atoms. The van der Waals surface area contributed by atoms with E-state index in [4.69, 9.17) is 4.65 Å². The summed E-state index contributed by atoms with van der Waals surface area (Å²) in [6.07, 6.45) is 3.09. The minimum Gasteiger partial charge on any atom is -0.556 e. The summed E-state index contributed by atoms with van der Waals surface area (Å²) in [4.78, 5) is 0. The van der Waals surface area contributed by atoms with Gasteiger partial charge in [-0.1, -0.05) is 60.6 Å². The Balaban J connectivity index is 1.72. The molecule has 0 saturated heterocycles. The van der Waals surface area contributed by atoms with Crippen LogP contribution in [0.25, 0.3) is 6.08 Å². The average Bonchev–Trinajstić information content (AvgIpc) is 2.80. The summed E-state index contributed by atoms with van der Waals surface area (Å²) in [7, 11) is 0. The van der Waals surface area contributed by atoms with Crippen molar-refractivity contribution in [2.45, 2.75) is 6.32 Å². The Morgan fingerprint density at radius 1 is 0.941 bits per heavy atom. The molecule has 2 heteroatoms. The molecule has 0 saturated carbocycles. The first-order valence-corrected chi connectivity index (χ1v) is 5.90. The predicted octanol–water partition coefficient (Wildman–Crippen LogP) is 3.40. The molecule has 0 N–H and O–H groups in total. The number of para-hydroxylation sites is 1. The van der Waals surface area contributed by atoms with Gasteiger partial charge in [0.05, 0.1) is 0 Å². The quantitative estimate of drug-likeness (QED) is 0.704. The molecule has 0 radical (unpaired) electrons. The van der Waals surface area contributed by atoms with Crippen molar-refractivity contribution in [1.29, 1.82) is 0 Å². The van der Waals surface area contributed by atoms with Gasteiger partial charge in [-0.3, -0.25) is 0 Å². The van der Waals surface area contributed by atoms with Crippen LogP contribution in [0.1, 0.15) is 11.1 Å². The molecule has 3 rings (SSSR count). The van der Waals surface area contributed by atoms with Crippen molar-refractivity contribution < 1.29 is 4.65 Å². The zero-order chi connectivity index (χ0) is 11.5. The lowest BCUT2D eigenvalue weighted by molar-refractivity contribution is 0.600. The smallest absolute Gasteiger partial charge is 0.388 e. The molecule has 2 aromatic rings. The van der Waals surface area contributed by atoms with Gasteiger partial charge in [0.15, 0.2) is 0 Å². The van der Waals surface area contributed by atoms with Crippen molar-refractivity contribution in [1.82, 2.24) is 0 Å². The first kappa shape index (κ1) is 10.2. The monoisotopic (exact) mass is 220 g/mol. The van der Waals surface area contributed by atoms with Gasteiger partial charge in [-0.2, -0.15) is 0 Å². The van der Waals surface area contributed by atoms with E-state index < -0.39 is 0 Å². The third-order valence-electron chi connectivity index (χ3n) is 2.97. The van der Waals surface area contributed by atoms with Gasteiger partial charge in [-0.05, 0) is 23.5 Å². The van der Waals surface area contributed by atoms with Crippen LogP contribution in [0.3, 0.4) is 0 Å². The lowest BCUT2D eigenvalue weighted by Gasteiger charge is -2.01. The van der Waals surface area contributed by atoms with Crippen LogP contribution in [0.4, 0.5) is 0 Å². The number of fused-ring (bicyclic) bond motifs is 1. The van der Waals surface area contributed by atoms with Crippen LogP contribution < -0.4 is 4.65 Å². The summed E-state index contributed by atoms with van der Waals surface area (Å²) in [5.74, 6) is 3.16. The van der Waals surface area contributed by atoms with E-state index in [2.05, 4.69) is 36.3 Å². The van der Waals surface area contributed by atoms with Crippen LogP contribution in [0, 0.1) is 0 Å². The number of rotatable bonds is 2. The zero-order valence-electron chi connectivity index (χ0n) is 9.54. The van der Waals surface area contributed by atoms with Gasteiger partial charge in [0, 0.05) is 0 Å². The van der Waals surface area contributed by atoms with Crippen LogP contribution in [-0.2, 0) is 6.32 Å². The van der Waals surface area contributed by atoms with E-state index in [0.717, 1.165) is 12.1 Å². The highest BCUT2D eigenvalue weighted by atomic mass is 16.4. The highest BCUT2D eigenvalue weighted by molar-refractivity contribution is 6.59. The van der Waals surface area contributed by atoms with E-state index in [-0.39, 0.29) is 6.92 Å². The Bertz CT molecular complexity index is 509. The second kappa shape index (κ2) is 4.50. The zero-order valence-corrected chi connectivity index (χ0v) is 9.54. The molecule has 17 heavy (non-hydrogen) atoms. The lowest BCUT2D eigenvalue weighted by atomic mass is 9.64. The Morgan fingerprint density at radius 3 is 2.53 bits per heavy atom. The molecule has 0 atom stereocenters. The summed E-state index contributed by atoms with van der Waals surface area (Å²) >= 11 is 0. The third-order valence-corrected chi connectivity index (χ3v) is 2.97. The van der Waals surface area contributed by atoms with E-state index in [1.807, 2.05) is 30.3 Å². The van der Waals surface area contributed by atoms with E-state index >= 15 is 0 Å². The molecule has 0 unspecified atom stereocenters. The van der Waals surface area contributed by atoms with Crippen LogP contribution in [0.5, 0.6) is 5.75 Å². The molecular weight excluding hydrogens is 207 g/mol. The molecule has 0 amide bonds. The summed E-state index contributed by atoms with van der Waals surface area (Å²) in [6, 6.07) is 18.6. The van der Waals surface area contributed by atoms with Crippen molar-refractivity contribution in [2.24, 2.45) is 0 Å². The van der Waals surface area contributed by atoms with Crippen molar-refractivity contribution in [3.8, 4) is 5.75 Å². The molecule has 2 aromatic carbocycles. The molecule has 0 bridgehead atoms. The molecular formula is C15H13BO. The Morgan fingerprint density at radius 2 is 1.71 bits per heavy atom. The van der Waals surface area contributed by atoms with Gasteiger partial charge in [0.2, 0.25) is 0 Å². The molecule has 1 heterocycles. The van der Waals surface area contributed by atoms with Crippen molar-refractivity contribution in [2.75, 3.05) is 0 Å². The Kier molecular flexibility index (Phi) is 2.70. The first-order chi connectivity index (χ1) is 8.42. The van der Waals surface area contributed by atoms with Crippen molar-refractivity contribution in [3.05, 3.63) is 71.7 Å². The SMILES string of the molecule is C(=C\c1ccccc1)/B1Cc2ccccc2O1. The summed E-state index contributed by atoms with van der Waals surface area (Å²) in [5.41, 5.74) is 2.52. The number of hydrogen-bond acceptors (Lipinski definition) is 1. The van der Waals surface area contributed by atoms with Crippen molar-refractivity contribution in [3.63, 3.8) is 0 Å². The fourth-order valence-electron chi connectivity index (χ4n) is 2.10. The maximum absolute atomic E-state index is 5.84. The predicted molar refractivity (Wildman–Crippen MR) is 72.0 cm³/mol. The highest BCUT2D eigenvalue weighted by Gasteiger charge is 2.24. The largest absolute Gasteiger partial charge is 0.556 e. The van der Waals surface area contributed by atoms with Gasteiger partial charge in [0.1, 0.15) is 5.75 Å². The molecule has 82 valence electrons. The van der Waals surface area contributed by atoms with Gasteiger partial charge >= 0.3 is 6.92 Å². The normalized spacial score (nSPS) is 13.8. The molecule has 1 nitrogen and oxygen atoms in total. The number of benzene rings is 2. The van der Waals surface area contributed by atoms with Gasteiger partial charge in [-0.15, -0.1) is 0 Å². The first-order valence-electron chi connectivity index (χ1n) is 5.90. The second-order valence-corrected chi connectivity index (χ2v) is 4.24. The molecule has 0 fully saturated rings. The molecule has 0 aromatic heterocycles. The van der Waals surface area contributed by atoms with E-state index in [1.54, 1.807) is 0 Å². The van der Waals surface area contributed by atoms with Crippen LogP contribution in [0.2, 0.25) is 0 Å². The summed E-state index contributed by atoms with van der Waals surface area (Å²) in [6.45, 7) is 0.174. The summed E-state index contributed by atoms with van der Waals surface area (Å²) in [5, 5.41) is 0. The van der Waals surface area contributed by atoms with Crippen LogP contribution >= 0.6 is 0 Å². The van der Waals surface area contributed by atoms with E-state index in [9.17, 15) is 0 Å². The Hall–Kier alpha value is -1.96. The maximum atomic E-state index is 5.84. The van der Waals surface area contributed by atoms with E-state index in [0.29, 0.717) is 0 Å². The minimum absolute atomic E-state index is 0.174.